The fourth-order valence-electron chi connectivity index (χ4n) is 4.50. The number of aromatic nitrogens is 3. The van der Waals surface area contributed by atoms with Gasteiger partial charge < -0.3 is 25.3 Å². The molecule has 2 unspecified atom stereocenters. The number of allylic oxidation sites excluding steroid dienone is 2. The van der Waals surface area contributed by atoms with Gasteiger partial charge in [-0.3, -0.25) is 4.79 Å². The summed E-state index contributed by atoms with van der Waals surface area (Å²) < 4.78 is 35.8. The molecule has 36 heavy (non-hydrogen) atoms. The second-order valence-corrected chi connectivity index (χ2v) is 9.21. The molecule has 184 valence electrons. The normalized spacial score (nSPS) is 16.4. The van der Waals surface area contributed by atoms with E-state index in [4.69, 9.17) is 10.5 Å². The first-order valence-corrected chi connectivity index (χ1v) is 11.1. The summed E-state index contributed by atoms with van der Waals surface area (Å²) in [5, 5.41) is 21.3. The largest absolute Gasteiger partial charge is 0.481 e. The predicted octanol–water partition coefficient (Wildman–Crippen LogP) is 2.88. The number of amides is 1. The maximum Gasteiger partial charge on any atom is 0.269 e. The molecule has 4 N–H and O–H groups in total. The van der Waals surface area contributed by atoms with Crippen molar-refractivity contribution in [3.8, 4) is 29.1 Å². The molecule has 6 rings (SSSR count). The maximum absolute atomic E-state index is 14.9. The molecule has 4 heterocycles. The van der Waals surface area contributed by atoms with Crippen LogP contribution in [-0.4, -0.2) is 43.4 Å². The number of rotatable bonds is 4. The average Bonchev–Trinajstić information content (AvgIpc) is 3.06. The first kappa shape index (κ1) is 23.7. The van der Waals surface area contributed by atoms with Gasteiger partial charge in [0.15, 0.2) is 5.69 Å². The Kier molecular flexibility index (Phi) is 5.43. The number of pyridine rings is 1. The minimum absolute atomic E-state index is 0.00784. The molecule has 2 aliphatic heterocycles. The number of nitrogens with two attached hydrogens (primary N) is 1. The van der Waals surface area contributed by atoms with E-state index in [1.54, 1.807) is 4.57 Å². The van der Waals surface area contributed by atoms with E-state index >= 15 is 0 Å². The average molecular weight is 492 g/mol. The van der Waals surface area contributed by atoms with Gasteiger partial charge in [-0.15, -0.1) is 0 Å². The van der Waals surface area contributed by atoms with Crippen LogP contribution in [0.2, 0.25) is 0 Å². The fraction of sp³-hybridized carbons (Fsp3) is 0.269. The Morgan fingerprint density at radius 3 is 2.67 bits per heavy atom. The lowest BCUT2D eigenvalue weighted by Crippen LogP contribution is -2.22. The number of benzene rings is 1. The molecule has 0 saturated carbocycles. The molecule has 3 aromatic rings. The summed E-state index contributed by atoms with van der Waals surface area (Å²) in [6.07, 6.45) is 1.76. The van der Waals surface area contributed by atoms with Crippen molar-refractivity contribution >= 4 is 11.5 Å². The number of hydrogen-bond acceptors (Lipinski definition) is 6. The van der Waals surface area contributed by atoms with E-state index in [0.717, 1.165) is 17.8 Å². The molecule has 1 amide bonds. The fourth-order valence-corrected chi connectivity index (χ4v) is 4.50. The highest BCUT2D eigenvalue weighted by atomic mass is 19.1. The van der Waals surface area contributed by atoms with Crippen molar-refractivity contribution in [2.24, 2.45) is 5.73 Å². The molecular weight excluding hydrogens is 470 g/mol. The first-order valence-electron chi connectivity index (χ1n) is 11.1. The number of aliphatic hydroxyl groups excluding tert-OH is 1. The van der Waals surface area contributed by atoms with Gasteiger partial charge in [-0.1, -0.05) is 17.9 Å². The minimum atomic E-state index is -1.55. The van der Waals surface area contributed by atoms with E-state index < -0.39 is 29.2 Å². The molecule has 2 bridgehead atoms. The highest BCUT2D eigenvalue weighted by Gasteiger charge is 2.39. The van der Waals surface area contributed by atoms with E-state index in [1.807, 2.05) is 6.08 Å². The predicted molar refractivity (Wildman–Crippen MR) is 126 cm³/mol. The van der Waals surface area contributed by atoms with Gasteiger partial charge in [-0.2, -0.15) is 0 Å². The van der Waals surface area contributed by atoms with Crippen molar-refractivity contribution in [1.29, 1.82) is 0 Å². The number of hydrogen-bond donors (Lipinski definition) is 3. The number of primary amides is 1. The Labute approximate surface area is 205 Å². The lowest BCUT2D eigenvalue weighted by Gasteiger charge is -2.28. The molecule has 2 atom stereocenters. The minimum Gasteiger partial charge on any atom is -0.481 e. The summed E-state index contributed by atoms with van der Waals surface area (Å²) >= 11 is 0. The highest BCUT2D eigenvalue weighted by molar-refractivity contribution is 5.94. The molecule has 1 aromatic carbocycles. The number of aliphatic hydroxyl groups is 2. The zero-order valence-electron chi connectivity index (χ0n) is 19.6. The van der Waals surface area contributed by atoms with Gasteiger partial charge in [0.2, 0.25) is 5.88 Å². The number of imidazole rings is 1. The highest BCUT2D eigenvalue weighted by Crippen LogP contribution is 2.49. The summed E-state index contributed by atoms with van der Waals surface area (Å²) in [4.78, 5) is 20.8. The van der Waals surface area contributed by atoms with Crippen molar-refractivity contribution in [2.45, 2.75) is 38.0 Å². The van der Waals surface area contributed by atoms with Gasteiger partial charge in [0, 0.05) is 5.56 Å². The lowest BCUT2D eigenvalue weighted by atomic mass is 9.86. The van der Waals surface area contributed by atoms with Crippen molar-refractivity contribution in [2.75, 3.05) is 7.11 Å². The standard InChI is InChI=1S/C26H22F2N4O4/c1-26(2,35)5-4-12-8-17-16(10-19(12)28)13-6-15(7-13)32-21(20(23(29)34)31-24(17)32)22(33)18-9-14(27)11-30-25(18)36-3/h6,8-11,15,22,33,35H,7H2,1-3H3,(H2,29,34). The van der Waals surface area contributed by atoms with Crippen LogP contribution >= 0.6 is 0 Å². The van der Waals surface area contributed by atoms with Crippen molar-refractivity contribution in [3.63, 3.8) is 0 Å². The van der Waals surface area contributed by atoms with Crippen LogP contribution in [0.5, 0.6) is 5.88 Å². The molecule has 0 radical (unpaired) electrons. The van der Waals surface area contributed by atoms with E-state index in [2.05, 4.69) is 21.8 Å². The number of ether oxygens (including phenoxy) is 1. The molecule has 3 aliphatic rings. The van der Waals surface area contributed by atoms with Crippen LogP contribution in [0.25, 0.3) is 17.0 Å². The third kappa shape index (κ3) is 3.82. The van der Waals surface area contributed by atoms with Crippen LogP contribution in [0.3, 0.4) is 0 Å². The van der Waals surface area contributed by atoms with Crippen molar-refractivity contribution < 1.29 is 28.5 Å². The Bertz CT molecular complexity index is 1530. The SMILES string of the molecule is COc1ncc(F)cc1C(O)c1c(C(N)=O)nc2n1C1C=C(C1)c1cc(F)c(C#CC(C)(C)O)cc1-2. The molecule has 0 fully saturated rings. The monoisotopic (exact) mass is 492 g/mol. The lowest BCUT2D eigenvalue weighted by molar-refractivity contribution is 0.0989. The van der Waals surface area contributed by atoms with Crippen molar-refractivity contribution in [1.82, 2.24) is 14.5 Å². The maximum atomic E-state index is 14.9. The number of nitrogens with zero attached hydrogens (tertiary/aromatic N) is 3. The number of halogens is 2. The zero-order valence-corrected chi connectivity index (χ0v) is 19.6. The second-order valence-electron chi connectivity index (χ2n) is 9.21. The number of methoxy groups -OCH3 is 1. The third-order valence-electron chi connectivity index (χ3n) is 6.13. The number of carbonyl (C=O) groups is 1. The molecule has 2 aromatic heterocycles. The Balaban J connectivity index is 1.76. The van der Waals surface area contributed by atoms with Gasteiger partial charge in [0.05, 0.1) is 36.2 Å². The van der Waals surface area contributed by atoms with Crippen LogP contribution in [0.1, 0.15) is 65.3 Å². The summed E-state index contributed by atoms with van der Waals surface area (Å²) in [5.41, 5.74) is 6.07. The summed E-state index contributed by atoms with van der Waals surface area (Å²) in [6.45, 7) is 2.96. The van der Waals surface area contributed by atoms with Crippen molar-refractivity contribution in [3.05, 3.63) is 70.2 Å². The van der Waals surface area contributed by atoms with Crippen LogP contribution < -0.4 is 10.5 Å². The summed E-state index contributed by atoms with van der Waals surface area (Å²) in [6, 6.07) is 3.59. The smallest absolute Gasteiger partial charge is 0.269 e. The first-order chi connectivity index (χ1) is 17.0. The molecule has 8 nitrogen and oxygen atoms in total. The third-order valence-corrected chi connectivity index (χ3v) is 6.13. The zero-order chi connectivity index (χ0) is 25.9. The second kappa shape index (κ2) is 8.26. The molecule has 10 heteroatoms. The summed E-state index contributed by atoms with van der Waals surface area (Å²) in [5.74, 6) is 3.32. The van der Waals surface area contributed by atoms with Crippen LogP contribution in [0, 0.1) is 23.5 Å². The number of carbonyl (C=O) groups excluding carboxylic acids is 1. The molecule has 1 aliphatic carbocycles. The molecule has 0 saturated heterocycles. The van der Waals surface area contributed by atoms with E-state index in [1.165, 1.54) is 33.1 Å². The van der Waals surface area contributed by atoms with Crippen LogP contribution in [0.15, 0.2) is 30.5 Å². The Morgan fingerprint density at radius 1 is 1.31 bits per heavy atom. The van der Waals surface area contributed by atoms with Crippen LogP contribution in [-0.2, 0) is 0 Å². The Morgan fingerprint density at radius 2 is 2.03 bits per heavy atom. The van der Waals surface area contributed by atoms with E-state index in [-0.39, 0.29) is 40.3 Å². The summed E-state index contributed by atoms with van der Waals surface area (Å²) in [7, 11) is 1.32. The van der Waals surface area contributed by atoms with Gasteiger partial charge in [-0.05, 0) is 49.6 Å². The van der Waals surface area contributed by atoms with E-state index in [0.29, 0.717) is 17.5 Å². The molecule has 0 spiro atoms. The topological polar surface area (TPSA) is 123 Å². The van der Waals surface area contributed by atoms with Crippen LogP contribution in [0.4, 0.5) is 8.78 Å². The quantitative estimate of drug-likeness (QED) is 0.482. The van der Waals surface area contributed by atoms with Gasteiger partial charge in [0.25, 0.3) is 5.91 Å². The van der Waals surface area contributed by atoms with Gasteiger partial charge in [-0.25, -0.2) is 18.7 Å². The van der Waals surface area contributed by atoms with Gasteiger partial charge in [0.1, 0.15) is 29.2 Å². The Hall–Kier alpha value is -4.07. The van der Waals surface area contributed by atoms with E-state index in [9.17, 15) is 23.8 Å². The van der Waals surface area contributed by atoms with Gasteiger partial charge >= 0.3 is 0 Å². The molecular formula is C26H22F2N4O4.